The van der Waals surface area contributed by atoms with E-state index in [-0.39, 0.29) is 0 Å². The van der Waals surface area contributed by atoms with Crippen LogP contribution in [-0.4, -0.2) is 19.9 Å². The van der Waals surface area contributed by atoms with Crippen molar-refractivity contribution in [1.29, 1.82) is 0 Å². The van der Waals surface area contributed by atoms with Crippen molar-refractivity contribution in [2.75, 3.05) is 0 Å². The van der Waals surface area contributed by atoms with Crippen molar-refractivity contribution in [2.45, 2.75) is 206 Å². The summed E-state index contributed by atoms with van der Waals surface area (Å²) in [6.07, 6.45) is 39.7. The minimum absolute atomic E-state index is 0.480. The quantitative estimate of drug-likeness (QED) is 0.0661. The predicted octanol–water partition coefficient (Wildman–Crippen LogP) is 15.0. The Morgan fingerprint density at radius 2 is 0.763 bits per heavy atom. The second kappa shape index (κ2) is 24.6. The topological polar surface area (TPSA) is 60.8 Å². The molecule has 0 spiro atoms. The predicted molar refractivity (Wildman–Crippen MR) is 247 cm³/mol. The largest absolute Gasteiger partial charge is 0.457 e. The number of aromatic nitrogens is 4. The van der Waals surface area contributed by atoms with E-state index in [0.29, 0.717) is 23.7 Å². The number of unbranched alkanes of at least 4 members (excludes halogenated alkanes) is 8. The molecule has 0 saturated heterocycles. The fourth-order valence-corrected chi connectivity index (χ4v) is 9.81. The van der Waals surface area contributed by atoms with E-state index in [9.17, 15) is 0 Å². The lowest BCUT2D eigenvalue weighted by Gasteiger charge is -2.29. The summed E-state index contributed by atoms with van der Waals surface area (Å²) in [5, 5.41) is 0. The van der Waals surface area contributed by atoms with E-state index < -0.39 is 0 Å². The van der Waals surface area contributed by atoms with Crippen LogP contribution >= 0.6 is 0 Å². The van der Waals surface area contributed by atoms with Gasteiger partial charge in [0.05, 0.1) is 0 Å². The molecule has 2 aromatic heterocycles. The van der Waals surface area contributed by atoms with Crippen LogP contribution in [0.2, 0.25) is 0 Å². The Hall–Kier alpha value is -3.60. The minimum Gasteiger partial charge on any atom is -0.457 e. The van der Waals surface area contributed by atoms with E-state index in [1.165, 1.54) is 162 Å². The van der Waals surface area contributed by atoms with Crippen LogP contribution in [0.15, 0.2) is 61.2 Å². The van der Waals surface area contributed by atoms with E-state index in [2.05, 4.69) is 88.9 Å². The molecule has 5 nitrogen and oxygen atoms in total. The van der Waals surface area contributed by atoms with Crippen molar-refractivity contribution in [3.05, 3.63) is 106 Å². The van der Waals surface area contributed by atoms with E-state index in [0.717, 1.165) is 61.7 Å². The summed E-state index contributed by atoms with van der Waals surface area (Å²) < 4.78 is 7.12. The van der Waals surface area contributed by atoms with Crippen LogP contribution in [0.1, 0.15) is 213 Å². The van der Waals surface area contributed by atoms with Gasteiger partial charge in [0.25, 0.3) is 0 Å². The summed E-state index contributed by atoms with van der Waals surface area (Å²) >= 11 is 0. The Kier molecular flexibility index (Phi) is 18.7. The fourth-order valence-electron chi connectivity index (χ4n) is 9.81. The lowest BCUT2D eigenvalue weighted by molar-refractivity contribution is 0.312. The van der Waals surface area contributed by atoms with Gasteiger partial charge >= 0.3 is 0 Å². The highest BCUT2D eigenvalue weighted by molar-refractivity contribution is 5.45. The first-order chi connectivity index (χ1) is 29.0. The summed E-state index contributed by atoms with van der Waals surface area (Å²) in [5.41, 5.74) is 8.28. The van der Waals surface area contributed by atoms with Crippen LogP contribution in [-0.2, 0) is 38.5 Å². The maximum Gasteiger partial charge on any atom is 0.131 e. The van der Waals surface area contributed by atoms with Gasteiger partial charge in [-0.25, -0.2) is 19.9 Å². The summed E-state index contributed by atoms with van der Waals surface area (Å²) in [4.78, 5) is 19.5. The van der Waals surface area contributed by atoms with Gasteiger partial charge in [-0.1, -0.05) is 103 Å². The molecule has 0 radical (unpaired) electrons. The molecule has 0 bridgehead atoms. The number of rotatable bonds is 24. The Balaban J connectivity index is 1.13. The van der Waals surface area contributed by atoms with Crippen molar-refractivity contribution >= 4 is 0 Å². The Bertz CT molecular complexity index is 1640. The van der Waals surface area contributed by atoms with Gasteiger partial charge in [-0.05, 0) is 173 Å². The zero-order valence-corrected chi connectivity index (χ0v) is 37.7. The molecule has 6 rings (SSSR count). The lowest BCUT2D eigenvalue weighted by Crippen LogP contribution is -2.18. The summed E-state index contributed by atoms with van der Waals surface area (Å²) in [6.45, 7) is 9.12. The molecule has 0 unspecified atom stereocenters. The number of nitrogens with zero attached hydrogens (tertiary/aromatic N) is 4. The van der Waals surface area contributed by atoms with Crippen LogP contribution in [0.3, 0.4) is 0 Å². The lowest BCUT2D eigenvalue weighted by atomic mass is 9.78. The summed E-state index contributed by atoms with van der Waals surface area (Å²) in [5.74, 6) is 6.52. The Morgan fingerprint density at radius 3 is 1.10 bits per heavy atom. The van der Waals surface area contributed by atoms with Gasteiger partial charge in [-0.15, -0.1) is 0 Å². The third kappa shape index (κ3) is 14.2. The van der Waals surface area contributed by atoms with Crippen LogP contribution in [0, 0.1) is 11.8 Å². The average Bonchev–Trinajstić information content (AvgIpc) is 3.27. The molecule has 2 heterocycles. The Labute approximate surface area is 359 Å². The molecule has 5 heteroatoms. The van der Waals surface area contributed by atoms with Gasteiger partial charge < -0.3 is 4.74 Å². The van der Waals surface area contributed by atoms with Crippen LogP contribution in [0.25, 0.3) is 0 Å². The van der Waals surface area contributed by atoms with Gasteiger partial charge in [0.2, 0.25) is 0 Å². The van der Waals surface area contributed by atoms with E-state index >= 15 is 0 Å². The van der Waals surface area contributed by atoms with Gasteiger partial charge in [0, 0.05) is 36.6 Å². The molecule has 2 aliphatic rings. The number of benzene rings is 2. The van der Waals surface area contributed by atoms with Crippen molar-refractivity contribution in [2.24, 2.45) is 11.8 Å². The smallest absolute Gasteiger partial charge is 0.131 e. The summed E-state index contributed by atoms with van der Waals surface area (Å²) in [7, 11) is 0. The van der Waals surface area contributed by atoms with Gasteiger partial charge in [-0.2, -0.15) is 0 Å². The number of ether oxygens (including phenoxy) is 1. The highest BCUT2D eigenvalue weighted by Gasteiger charge is 2.27. The molecule has 2 aromatic carbocycles. The van der Waals surface area contributed by atoms with Gasteiger partial charge in [0.15, 0.2) is 0 Å². The minimum atomic E-state index is 0.480. The standard InChI is InChI=1S/C54H78N4O/c1-5-9-13-17-41-25-31-51(49(33-41)35-43-21-27-47(28-22-43)53-55-37-45(38-56-53)19-15-11-7-3)59-52-32-26-42(18-14-10-6-2)34-50(52)36-44-23-29-48(30-24-44)54-57-39-46(40-58-54)20-16-12-8-4/h25-26,31-34,37-40,43-44,47-48H,5-24,27-30,35-36H2,1-4H3/t43-,44-,47-,48-. The van der Waals surface area contributed by atoms with Crippen LogP contribution in [0.4, 0.5) is 0 Å². The molecular weight excluding hydrogens is 721 g/mol. The van der Waals surface area contributed by atoms with E-state index in [4.69, 9.17) is 24.7 Å². The Morgan fingerprint density at radius 1 is 0.424 bits per heavy atom. The van der Waals surface area contributed by atoms with Crippen molar-refractivity contribution in [1.82, 2.24) is 19.9 Å². The first-order valence-corrected chi connectivity index (χ1v) is 24.6. The highest BCUT2D eigenvalue weighted by Crippen LogP contribution is 2.41. The normalized spacial score (nSPS) is 19.5. The van der Waals surface area contributed by atoms with Crippen LogP contribution in [0.5, 0.6) is 11.5 Å². The van der Waals surface area contributed by atoms with Crippen molar-refractivity contribution < 1.29 is 4.74 Å². The third-order valence-corrected chi connectivity index (χ3v) is 13.6. The molecule has 4 aromatic rings. The number of hydrogen-bond donors (Lipinski definition) is 0. The monoisotopic (exact) mass is 799 g/mol. The van der Waals surface area contributed by atoms with Crippen molar-refractivity contribution in [3.63, 3.8) is 0 Å². The SMILES string of the molecule is CCCCCc1cnc([C@H]2CC[C@H](Cc3cc(CCCCC)ccc3Oc3ccc(CCCCC)cc3C[C@H]3CC[C@H](c4ncc(CCCCC)cn4)CC3)CC2)nc1. The first kappa shape index (κ1) is 44.9. The number of aryl methyl sites for hydroxylation is 4. The fraction of sp³-hybridized carbons (Fsp3) is 0.630. The molecule has 320 valence electrons. The first-order valence-electron chi connectivity index (χ1n) is 24.6. The highest BCUT2D eigenvalue weighted by atomic mass is 16.5. The van der Waals surface area contributed by atoms with Crippen LogP contribution < -0.4 is 4.74 Å². The molecule has 2 saturated carbocycles. The van der Waals surface area contributed by atoms with Gasteiger partial charge in [-0.3, -0.25) is 0 Å². The zero-order valence-electron chi connectivity index (χ0n) is 37.7. The molecule has 0 aliphatic heterocycles. The molecule has 0 amide bonds. The second-order valence-electron chi connectivity index (χ2n) is 18.6. The van der Waals surface area contributed by atoms with E-state index in [1.807, 2.05) is 0 Å². The molecular formula is C54H78N4O. The maximum atomic E-state index is 7.12. The number of hydrogen-bond acceptors (Lipinski definition) is 5. The molecule has 2 aliphatic carbocycles. The average molecular weight is 799 g/mol. The molecule has 0 atom stereocenters. The molecule has 59 heavy (non-hydrogen) atoms. The summed E-state index contributed by atoms with van der Waals surface area (Å²) in [6, 6.07) is 14.3. The van der Waals surface area contributed by atoms with E-state index in [1.54, 1.807) is 0 Å². The molecule has 0 N–H and O–H groups in total. The maximum absolute atomic E-state index is 7.12. The third-order valence-electron chi connectivity index (χ3n) is 13.6. The van der Waals surface area contributed by atoms with Crippen molar-refractivity contribution in [3.8, 4) is 11.5 Å². The molecule has 2 fully saturated rings. The second-order valence-corrected chi connectivity index (χ2v) is 18.6. The zero-order chi connectivity index (χ0) is 41.1. The van der Waals surface area contributed by atoms with Gasteiger partial charge in [0.1, 0.15) is 23.1 Å².